The summed E-state index contributed by atoms with van der Waals surface area (Å²) in [7, 11) is 1.62. The second-order valence-corrected chi connectivity index (χ2v) is 6.91. The first-order valence-corrected chi connectivity index (χ1v) is 9.14. The van der Waals surface area contributed by atoms with Crippen molar-refractivity contribution in [3.05, 3.63) is 52.0 Å². The highest BCUT2D eigenvalue weighted by Crippen LogP contribution is 2.26. The van der Waals surface area contributed by atoms with Gasteiger partial charge in [0.05, 0.1) is 13.2 Å². The average Bonchev–Trinajstić information content (AvgIpc) is 2.63. The predicted octanol–water partition coefficient (Wildman–Crippen LogP) is 4.04. The molecular formula is C20H24BrNO4. The van der Waals surface area contributed by atoms with E-state index < -0.39 is 0 Å². The lowest BCUT2D eigenvalue weighted by Gasteiger charge is -2.16. The summed E-state index contributed by atoms with van der Waals surface area (Å²) in [6.07, 6.45) is 0. The van der Waals surface area contributed by atoms with Crippen LogP contribution in [0, 0.1) is 13.8 Å². The van der Waals surface area contributed by atoms with Gasteiger partial charge in [-0.3, -0.25) is 4.79 Å². The molecule has 2 aromatic rings. The van der Waals surface area contributed by atoms with Gasteiger partial charge >= 0.3 is 0 Å². The summed E-state index contributed by atoms with van der Waals surface area (Å²) in [5, 5.41) is 2.86. The number of aryl methyl sites for hydroxylation is 2. The van der Waals surface area contributed by atoms with Gasteiger partial charge in [-0.2, -0.15) is 0 Å². The van der Waals surface area contributed by atoms with E-state index in [1.54, 1.807) is 7.11 Å². The number of halogens is 1. The Bertz CT molecular complexity index is 723. The SMILES string of the molecule is COc1ccc(OC[C@H](C)NC(=O)COc2cc(C)c(Br)c(C)c2)cc1. The van der Waals surface area contributed by atoms with E-state index in [1.807, 2.05) is 57.2 Å². The number of nitrogens with one attached hydrogen (secondary N) is 1. The van der Waals surface area contributed by atoms with Crippen molar-refractivity contribution >= 4 is 21.8 Å². The first-order chi connectivity index (χ1) is 12.4. The number of carbonyl (C=O) groups is 1. The third-order valence-corrected chi connectivity index (χ3v) is 5.00. The molecule has 1 atom stereocenters. The molecular weight excluding hydrogens is 398 g/mol. The summed E-state index contributed by atoms with van der Waals surface area (Å²) in [5.74, 6) is 1.99. The fourth-order valence-electron chi connectivity index (χ4n) is 2.39. The summed E-state index contributed by atoms with van der Waals surface area (Å²) in [6, 6.07) is 11.0. The molecule has 2 aromatic carbocycles. The van der Waals surface area contributed by atoms with Gasteiger partial charge in [-0.15, -0.1) is 0 Å². The highest BCUT2D eigenvalue weighted by molar-refractivity contribution is 9.10. The second-order valence-electron chi connectivity index (χ2n) is 6.11. The lowest BCUT2D eigenvalue weighted by atomic mass is 10.1. The van der Waals surface area contributed by atoms with E-state index in [0.29, 0.717) is 12.4 Å². The number of benzene rings is 2. The van der Waals surface area contributed by atoms with E-state index in [4.69, 9.17) is 14.2 Å². The first-order valence-electron chi connectivity index (χ1n) is 8.34. The minimum atomic E-state index is -0.186. The van der Waals surface area contributed by atoms with Crippen LogP contribution in [0.25, 0.3) is 0 Å². The molecule has 0 aromatic heterocycles. The van der Waals surface area contributed by atoms with E-state index in [1.165, 1.54) is 0 Å². The zero-order valence-corrected chi connectivity index (χ0v) is 17.1. The van der Waals surface area contributed by atoms with Crippen molar-refractivity contribution in [2.75, 3.05) is 20.3 Å². The summed E-state index contributed by atoms with van der Waals surface area (Å²) < 4.78 is 17.4. The van der Waals surface area contributed by atoms with Crippen LogP contribution in [-0.4, -0.2) is 32.3 Å². The largest absolute Gasteiger partial charge is 0.497 e. The molecule has 0 aliphatic carbocycles. The number of carbonyl (C=O) groups excluding carboxylic acids is 1. The van der Waals surface area contributed by atoms with Gasteiger partial charge in [0.25, 0.3) is 5.91 Å². The Morgan fingerprint density at radius 3 is 2.19 bits per heavy atom. The molecule has 5 nitrogen and oxygen atoms in total. The number of ether oxygens (including phenoxy) is 3. The van der Waals surface area contributed by atoms with Crippen LogP contribution in [0.3, 0.4) is 0 Å². The van der Waals surface area contributed by atoms with Crippen molar-refractivity contribution in [3.8, 4) is 17.2 Å². The quantitative estimate of drug-likeness (QED) is 0.698. The van der Waals surface area contributed by atoms with Crippen LogP contribution in [-0.2, 0) is 4.79 Å². The Labute approximate surface area is 162 Å². The normalized spacial score (nSPS) is 11.6. The molecule has 0 heterocycles. The van der Waals surface area contributed by atoms with Crippen molar-refractivity contribution in [2.24, 2.45) is 0 Å². The van der Waals surface area contributed by atoms with Crippen molar-refractivity contribution in [1.29, 1.82) is 0 Å². The van der Waals surface area contributed by atoms with Gasteiger partial charge in [0.15, 0.2) is 6.61 Å². The van der Waals surface area contributed by atoms with Crippen molar-refractivity contribution in [1.82, 2.24) is 5.32 Å². The summed E-state index contributed by atoms with van der Waals surface area (Å²) in [5.41, 5.74) is 2.14. The first kappa shape index (κ1) is 20.1. The molecule has 0 unspecified atom stereocenters. The molecule has 26 heavy (non-hydrogen) atoms. The number of rotatable bonds is 8. The Morgan fingerprint density at radius 2 is 1.62 bits per heavy atom. The van der Waals surface area contributed by atoms with E-state index in [0.717, 1.165) is 27.1 Å². The van der Waals surface area contributed by atoms with Gasteiger partial charge < -0.3 is 19.5 Å². The smallest absolute Gasteiger partial charge is 0.258 e. The summed E-state index contributed by atoms with van der Waals surface area (Å²) in [4.78, 5) is 12.0. The van der Waals surface area contributed by atoms with Crippen LogP contribution in [0.5, 0.6) is 17.2 Å². The van der Waals surface area contributed by atoms with Gasteiger partial charge in [0.2, 0.25) is 0 Å². The summed E-state index contributed by atoms with van der Waals surface area (Å²) in [6.45, 7) is 6.20. The molecule has 0 saturated heterocycles. The molecule has 0 radical (unpaired) electrons. The van der Waals surface area contributed by atoms with Gasteiger partial charge in [0, 0.05) is 4.47 Å². The number of amides is 1. The topological polar surface area (TPSA) is 56.8 Å². The van der Waals surface area contributed by atoms with Gasteiger partial charge in [-0.05, 0) is 68.3 Å². The van der Waals surface area contributed by atoms with Crippen LogP contribution < -0.4 is 19.5 Å². The third kappa shape index (κ3) is 5.95. The number of hydrogen-bond acceptors (Lipinski definition) is 4. The van der Waals surface area contributed by atoms with Crippen LogP contribution in [0.15, 0.2) is 40.9 Å². The molecule has 0 bridgehead atoms. The Kier molecular flexibility index (Phi) is 7.33. The fraction of sp³-hybridized carbons (Fsp3) is 0.350. The Balaban J connectivity index is 1.76. The van der Waals surface area contributed by atoms with Crippen LogP contribution in [0.1, 0.15) is 18.1 Å². The molecule has 1 N–H and O–H groups in total. The van der Waals surface area contributed by atoms with Gasteiger partial charge in [-0.1, -0.05) is 15.9 Å². The van der Waals surface area contributed by atoms with Gasteiger partial charge in [0.1, 0.15) is 23.9 Å². The minimum Gasteiger partial charge on any atom is -0.497 e. The van der Waals surface area contributed by atoms with E-state index in [9.17, 15) is 4.79 Å². The highest BCUT2D eigenvalue weighted by Gasteiger charge is 2.10. The maximum Gasteiger partial charge on any atom is 0.258 e. The lowest BCUT2D eigenvalue weighted by molar-refractivity contribution is -0.123. The van der Waals surface area contributed by atoms with Crippen LogP contribution in [0.2, 0.25) is 0 Å². The molecule has 2 rings (SSSR count). The fourth-order valence-corrected chi connectivity index (χ4v) is 2.62. The third-order valence-electron chi connectivity index (χ3n) is 3.75. The summed E-state index contributed by atoms with van der Waals surface area (Å²) >= 11 is 3.51. The average molecular weight is 422 g/mol. The Hall–Kier alpha value is -2.21. The predicted molar refractivity (Wildman–Crippen MR) is 105 cm³/mol. The molecule has 0 aliphatic heterocycles. The second kappa shape index (κ2) is 9.48. The maximum atomic E-state index is 12.0. The molecule has 140 valence electrons. The standard InChI is InChI=1S/C20H24BrNO4/c1-13-9-18(10-14(2)20(13)21)26-12-19(23)22-15(3)11-25-17-7-5-16(24-4)6-8-17/h5-10,15H,11-12H2,1-4H3,(H,22,23)/t15-/m0/s1. The van der Waals surface area contributed by atoms with E-state index in [-0.39, 0.29) is 18.6 Å². The van der Waals surface area contributed by atoms with Gasteiger partial charge in [-0.25, -0.2) is 0 Å². The van der Waals surface area contributed by atoms with E-state index >= 15 is 0 Å². The van der Waals surface area contributed by atoms with E-state index in [2.05, 4.69) is 21.2 Å². The monoisotopic (exact) mass is 421 g/mol. The molecule has 0 spiro atoms. The van der Waals surface area contributed by atoms with Crippen molar-refractivity contribution in [3.63, 3.8) is 0 Å². The Morgan fingerprint density at radius 1 is 1.04 bits per heavy atom. The maximum absolute atomic E-state index is 12.0. The number of methoxy groups -OCH3 is 1. The molecule has 1 amide bonds. The van der Waals surface area contributed by atoms with Crippen molar-refractivity contribution < 1.29 is 19.0 Å². The molecule has 0 aliphatic rings. The molecule has 0 fully saturated rings. The van der Waals surface area contributed by atoms with Crippen LogP contribution >= 0.6 is 15.9 Å². The lowest BCUT2D eigenvalue weighted by Crippen LogP contribution is -2.39. The number of hydrogen-bond donors (Lipinski definition) is 1. The molecule has 6 heteroatoms. The zero-order valence-electron chi connectivity index (χ0n) is 15.5. The highest BCUT2D eigenvalue weighted by atomic mass is 79.9. The minimum absolute atomic E-state index is 0.0343. The van der Waals surface area contributed by atoms with Crippen LogP contribution in [0.4, 0.5) is 0 Å². The zero-order chi connectivity index (χ0) is 19.1. The molecule has 0 saturated carbocycles. The van der Waals surface area contributed by atoms with Crippen molar-refractivity contribution in [2.45, 2.75) is 26.8 Å².